The van der Waals surface area contributed by atoms with Gasteiger partial charge in [0.05, 0.1) is 33.8 Å². The average molecular weight is 448 g/mol. The van der Waals surface area contributed by atoms with Crippen molar-refractivity contribution in [1.82, 2.24) is 5.32 Å². The lowest BCUT2D eigenvalue weighted by Crippen LogP contribution is -2.29. The molecule has 0 heterocycles. The van der Waals surface area contributed by atoms with Crippen molar-refractivity contribution >= 4 is 33.9 Å². The first-order chi connectivity index (χ1) is 13.4. The number of hydrogen-bond donors (Lipinski definition) is 1. The molecule has 148 valence electrons. The van der Waals surface area contributed by atoms with Crippen molar-refractivity contribution in [2.45, 2.75) is 12.5 Å². The highest BCUT2D eigenvalue weighted by Gasteiger charge is 2.18. The highest BCUT2D eigenvalue weighted by atomic mass is 79.9. The van der Waals surface area contributed by atoms with E-state index in [4.69, 9.17) is 14.2 Å². The van der Waals surface area contributed by atoms with Crippen LogP contribution in [-0.2, 0) is 14.3 Å². The van der Waals surface area contributed by atoms with Crippen LogP contribution >= 0.6 is 15.9 Å². The molecule has 6 nitrogen and oxygen atoms in total. The van der Waals surface area contributed by atoms with E-state index in [1.807, 2.05) is 24.3 Å². The maximum Gasteiger partial charge on any atom is 0.307 e. The Bertz CT molecular complexity index is 843. The number of ether oxygens (including phenoxy) is 3. The first kappa shape index (κ1) is 21.5. The molecular weight excluding hydrogens is 426 g/mol. The van der Waals surface area contributed by atoms with E-state index >= 15 is 0 Å². The number of esters is 1. The molecule has 0 fully saturated rings. The van der Waals surface area contributed by atoms with E-state index in [0.29, 0.717) is 11.5 Å². The van der Waals surface area contributed by atoms with E-state index in [2.05, 4.69) is 21.2 Å². The van der Waals surface area contributed by atoms with Crippen LogP contribution in [0, 0.1) is 0 Å². The zero-order chi connectivity index (χ0) is 20.5. The fraction of sp³-hybridized carbons (Fsp3) is 0.238. The summed E-state index contributed by atoms with van der Waals surface area (Å²) in [7, 11) is 4.44. The fourth-order valence-corrected chi connectivity index (χ4v) is 2.96. The Balaban J connectivity index is 2.17. The predicted octanol–water partition coefficient (Wildman–Crippen LogP) is 3.90. The van der Waals surface area contributed by atoms with Crippen LogP contribution in [-0.4, -0.2) is 33.2 Å². The number of methoxy groups -OCH3 is 3. The zero-order valence-corrected chi connectivity index (χ0v) is 17.5. The summed E-state index contributed by atoms with van der Waals surface area (Å²) in [6.07, 6.45) is 3.08. The second-order valence-corrected chi connectivity index (χ2v) is 6.79. The lowest BCUT2D eigenvalue weighted by Gasteiger charge is -2.17. The summed E-state index contributed by atoms with van der Waals surface area (Å²) < 4.78 is 16.0. The molecule has 0 saturated carbocycles. The fourth-order valence-electron chi connectivity index (χ4n) is 2.54. The number of carbonyl (C=O) groups excluding carboxylic acids is 2. The lowest BCUT2D eigenvalue weighted by molar-refractivity contribution is -0.141. The number of benzene rings is 2. The molecule has 2 aromatic carbocycles. The van der Waals surface area contributed by atoms with Gasteiger partial charge in [-0.1, -0.05) is 28.1 Å². The van der Waals surface area contributed by atoms with Gasteiger partial charge < -0.3 is 19.5 Å². The number of nitrogens with one attached hydrogen (secondary N) is 1. The van der Waals surface area contributed by atoms with E-state index in [9.17, 15) is 9.59 Å². The molecule has 0 aliphatic heterocycles. The summed E-state index contributed by atoms with van der Waals surface area (Å²) in [4.78, 5) is 24.2. The van der Waals surface area contributed by atoms with Crippen LogP contribution in [0.2, 0.25) is 0 Å². The SMILES string of the molecule is COC(=O)CC(NC(=O)C=Cc1cc(OC)cc(OC)c1)c1cccc(Br)c1. The summed E-state index contributed by atoms with van der Waals surface area (Å²) in [5.41, 5.74) is 1.54. The van der Waals surface area contributed by atoms with Gasteiger partial charge in [-0.05, 0) is 41.5 Å². The lowest BCUT2D eigenvalue weighted by atomic mass is 10.0. The number of rotatable bonds is 8. The molecule has 28 heavy (non-hydrogen) atoms. The smallest absolute Gasteiger partial charge is 0.307 e. The van der Waals surface area contributed by atoms with Gasteiger partial charge in [-0.25, -0.2) is 0 Å². The molecule has 0 saturated heterocycles. The van der Waals surface area contributed by atoms with Gasteiger partial charge in [0.1, 0.15) is 11.5 Å². The standard InChI is InChI=1S/C21H22BrNO5/c1-26-17-9-14(10-18(12-17)27-2)7-8-20(24)23-19(13-21(25)28-3)15-5-4-6-16(22)11-15/h4-12,19H,13H2,1-3H3,(H,23,24). The van der Waals surface area contributed by atoms with Gasteiger partial charge in [0.2, 0.25) is 5.91 Å². The van der Waals surface area contributed by atoms with Crippen molar-refractivity contribution < 1.29 is 23.8 Å². The largest absolute Gasteiger partial charge is 0.497 e. The Hall–Kier alpha value is -2.80. The van der Waals surface area contributed by atoms with Crippen molar-refractivity contribution in [3.63, 3.8) is 0 Å². The monoisotopic (exact) mass is 447 g/mol. The molecule has 1 atom stereocenters. The van der Waals surface area contributed by atoms with Gasteiger partial charge in [-0.3, -0.25) is 9.59 Å². The zero-order valence-electron chi connectivity index (χ0n) is 15.9. The van der Waals surface area contributed by atoms with Crippen LogP contribution in [0.15, 0.2) is 53.0 Å². The molecule has 2 rings (SSSR count). The van der Waals surface area contributed by atoms with Crippen LogP contribution in [0.1, 0.15) is 23.6 Å². The highest BCUT2D eigenvalue weighted by Crippen LogP contribution is 2.24. The maximum atomic E-state index is 12.4. The first-order valence-electron chi connectivity index (χ1n) is 8.49. The summed E-state index contributed by atoms with van der Waals surface area (Å²) in [6, 6.07) is 12.2. The van der Waals surface area contributed by atoms with E-state index in [-0.39, 0.29) is 12.3 Å². The maximum absolute atomic E-state index is 12.4. The minimum absolute atomic E-state index is 0.0273. The third-order valence-corrected chi connectivity index (χ3v) is 4.46. The Morgan fingerprint density at radius 3 is 2.32 bits per heavy atom. The molecule has 7 heteroatoms. The topological polar surface area (TPSA) is 73.9 Å². The molecule has 2 aromatic rings. The van der Waals surface area contributed by atoms with Crippen LogP contribution in [0.5, 0.6) is 11.5 Å². The van der Waals surface area contributed by atoms with E-state index in [1.165, 1.54) is 13.2 Å². The van der Waals surface area contributed by atoms with Gasteiger partial charge in [-0.15, -0.1) is 0 Å². The van der Waals surface area contributed by atoms with Crippen molar-refractivity contribution in [2.75, 3.05) is 21.3 Å². The summed E-state index contributed by atoms with van der Waals surface area (Å²) in [6.45, 7) is 0. The molecule has 0 radical (unpaired) electrons. The van der Waals surface area contributed by atoms with Crippen molar-refractivity contribution in [2.24, 2.45) is 0 Å². The van der Waals surface area contributed by atoms with Gasteiger partial charge in [0, 0.05) is 16.6 Å². The minimum atomic E-state index is -0.512. The van der Waals surface area contributed by atoms with E-state index in [1.54, 1.807) is 38.5 Å². The first-order valence-corrected chi connectivity index (χ1v) is 9.28. The van der Waals surface area contributed by atoms with Crippen LogP contribution in [0.25, 0.3) is 6.08 Å². The minimum Gasteiger partial charge on any atom is -0.497 e. The molecule has 0 bridgehead atoms. The second-order valence-electron chi connectivity index (χ2n) is 5.88. The summed E-state index contributed by atoms with van der Waals surface area (Å²) >= 11 is 3.40. The predicted molar refractivity (Wildman–Crippen MR) is 110 cm³/mol. The Morgan fingerprint density at radius 1 is 1.07 bits per heavy atom. The van der Waals surface area contributed by atoms with Gasteiger partial charge >= 0.3 is 5.97 Å². The van der Waals surface area contributed by atoms with E-state index < -0.39 is 12.0 Å². The van der Waals surface area contributed by atoms with Crippen LogP contribution in [0.4, 0.5) is 0 Å². The van der Waals surface area contributed by atoms with E-state index in [0.717, 1.165) is 15.6 Å². The quantitative estimate of drug-likeness (QED) is 0.490. The Kier molecular flexibility index (Phi) is 8.07. The number of hydrogen-bond acceptors (Lipinski definition) is 5. The number of carbonyl (C=O) groups is 2. The van der Waals surface area contributed by atoms with Gasteiger partial charge in [-0.2, -0.15) is 0 Å². The third-order valence-electron chi connectivity index (χ3n) is 3.97. The molecule has 0 aliphatic rings. The van der Waals surface area contributed by atoms with Crippen molar-refractivity contribution in [1.29, 1.82) is 0 Å². The number of amides is 1. The molecule has 0 aromatic heterocycles. The van der Waals surface area contributed by atoms with Crippen LogP contribution in [0.3, 0.4) is 0 Å². The second kappa shape index (κ2) is 10.5. The molecule has 1 unspecified atom stereocenters. The van der Waals surface area contributed by atoms with Crippen molar-refractivity contribution in [3.05, 3.63) is 64.1 Å². The molecule has 1 N–H and O–H groups in total. The number of halogens is 1. The third kappa shape index (κ3) is 6.42. The van der Waals surface area contributed by atoms with Gasteiger partial charge in [0.15, 0.2) is 0 Å². The normalized spacial score (nSPS) is 11.7. The van der Waals surface area contributed by atoms with Crippen LogP contribution < -0.4 is 14.8 Å². The molecule has 1 amide bonds. The Labute approximate surface area is 172 Å². The van der Waals surface area contributed by atoms with Gasteiger partial charge in [0.25, 0.3) is 0 Å². The van der Waals surface area contributed by atoms with Crippen molar-refractivity contribution in [3.8, 4) is 11.5 Å². The summed E-state index contributed by atoms with van der Waals surface area (Å²) in [5.74, 6) is 0.497. The summed E-state index contributed by atoms with van der Waals surface area (Å²) in [5, 5.41) is 2.84. The molecular formula is C21H22BrNO5. The Morgan fingerprint density at radius 2 is 1.75 bits per heavy atom. The highest BCUT2D eigenvalue weighted by molar-refractivity contribution is 9.10. The molecule has 0 spiro atoms. The average Bonchev–Trinajstić information content (AvgIpc) is 2.71. The molecule has 0 aliphatic carbocycles.